The molecule has 8 heteroatoms. The van der Waals surface area contributed by atoms with Crippen LogP contribution in [0.3, 0.4) is 0 Å². The Labute approximate surface area is 177 Å². The molecule has 1 aliphatic rings. The van der Waals surface area contributed by atoms with Crippen molar-refractivity contribution < 1.29 is 14.7 Å². The minimum absolute atomic E-state index is 0.105. The van der Waals surface area contributed by atoms with Gasteiger partial charge in [-0.05, 0) is 43.0 Å². The molecule has 1 aliphatic heterocycles. The first-order valence-corrected chi connectivity index (χ1v) is 10.1. The standard InChI is InChI=1S/C22H31N5O3/c1-4-5-18(9-11-28)26-15(3)25-10-8-20(23)16-6-7-17-13-27(14(2)21(24)29)22(30)19(17)12-16/h6-8,10,12,14,18,26,28H,3-5,9,11,13,23H2,1-2H3,(H2,24,29)/b20-8-,25-10?/t14-,18?/m1/s1. The molecule has 6 N–H and O–H groups in total. The number of carbonyl (C=O) groups excluding carboxylic acids is 2. The number of rotatable bonds is 11. The molecule has 0 aromatic heterocycles. The molecule has 0 fully saturated rings. The van der Waals surface area contributed by atoms with Crippen molar-refractivity contribution in [3.05, 3.63) is 53.4 Å². The van der Waals surface area contributed by atoms with Gasteiger partial charge in [0.05, 0.1) is 0 Å². The summed E-state index contributed by atoms with van der Waals surface area (Å²) in [7, 11) is 0. The highest BCUT2D eigenvalue weighted by Gasteiger charge is 2.33. The highest BCUT2D eigenvalue weighted by Crippen LogP contribution is 2.27. The Morgan fingerprint density at radius 3 is 2.77 bits per heavy atom. The first kappa shape index (κ1) is 23.2. The zero-order valence-corrected chi connectivity index (χ0v) is 17.6. The molecule has 2 atom stereocenters. The van der Waals surface area contributed by atoms with Crippen molar-refractivity contribution in [2.24, 2.45) is 16.5 Å². The molecule has 30 heavy (non-hydrogen) atoms. The lowest BCUT2D eigenvalue weighted by molar-refractivity contribution is -0.122. The van der Waals surface area contributed by atoms with Crippen molar-refractivity contribution in [2.75, 3.05) is 6.61 Å². The number of carbonyl (C=O) groups is 2. The lowest BCUT2D eigenvalue weighted by Gasteiger charge is -2.20. The van der Waals surface area contributed by atoms with E-state index in [1.807, 2.05) is 12.1 Å². The van der Waals surface area contributed by atoms with Crippen LogP contribution in [0.5, 0.6) is 0 Å². The van der Waals surface area contributed by atoms with Gasteiger partial charge in [0, 0.05) is 36.7 Å². The average molecular weight is 414 g/mol. The van der Waals surface area contributed by atoms with Gasteiger partial charge in [-0.1, -0.05) is 32.1 Å². The van der Waals surface area contributed by atoms with Gasteiger partial charge in [0.1, 0.15) is 11.9 Å². The van der Waals surface area contributed by atoms with Crippen LogP contribution in [0.25, 0.3) is 5.70 Å². The third-order valence-electron chi connectivity index (χ3n) is 5.12. The number of primary amides is 1. The number of allylic oxidation sites excluding steroid dienone is 1. The van der Waals surface area contributed by atoms with E-state index in [0.29, 0.717) is 35.6 Å². The molecule has 0 saturated carbocycles. The number of nitrogens with zero attached hydrogens (tertiary/aromatic N) is 2. The molecular formula is C22H31N5O3. The molecule has 0 radical (unpaired) electrons. The molecule has 1 aromatic rings. The number of nitrogens with one attached hydrogen (secondary N) is 1. The van der Waals surface area contributed by atoms with Crippen molar-refractivity contribution >= 4 is 23.7 Å². The van der Waals surface area contributed by atoms with Crippen molar-refractivity contribution in [1.82, 2.24) is 10.2 Å². The number of amides is 2. The Kier molecular flexibility index (Phi) is 8.17. The molecule has 2 rings (SSSR count). The minimum atomic E-state index is -0.672. The number of aliphatic imine (C=N–C) groups is 1. The lowest BCUT2D eigenvalue weighted by atomic mass is 10.0. The minimum Gasteiger partial charge on any atom is -0.398 e. The molecule has 1 unspecified atom stereocenters. The van der Waals surface area contributed by atoms with E-state index in [9.17, 15) is 9.59 Å². The van der Waals surface area contributed by atoms with Crippen LogP contribution in [0, 0.1) is 0 Å². The fourth-order valence-corrected chi connectivity index (χ4v) is 3.34. The van der Waals surface area contributed by atoms with Crippen molar-refractivity contribution in [2.45, 2.75) is 51.7 Å². The van der Waals surface area contributed by atoms with Gasteiger partial charge in [0.25, 0.3) is 5.91 Å². The van der Waals surface area contributed by atoms with Gasteiger partial charge in [0.2, 0.25) is 5.91 Å². The normalized spacial score (nSPS) is 15.9. The molecule has 0 bridgehead atoms. The fraction of sp³-hybridized carbons (Fsp3) is 0.409. The van der Waals surface area contributed by atoms with Crippen LogP contribution < -0.4 is 16.8 Å². The lowest BCUT2D eigenvalue weighted by Crippen LogP contribution is -2.42. The Morgan fingerprint density at radius 1 is 1.40 bits per heavy atom. The topological polar surface area (TPSA) is 134 Å². The summed E-state index contributed by atoms with van der Waals surface area (Å²) >= 11 is 0. The summed E-state index contributed by atoms with van der Waals surface area (Å²) in [6.45, 7) is 8.03. The van der Waals surface area contributed by atoms with Crippen LogP contribution in [0.15, 0.2) is 41.7 Å². The molecule has 162 valence electrons. The number of aliphatic hydroxyl groups excluding tert-OH is 1. The van der Waals surface area contributed by atoms with Gasteiger partial charge in [-0.3, -0.25) is 9.59 Å². The summed E-state index contributed by atoms with van der Waals surface area (Å²) in [4.78, 5) is 29.7. The zero-order valence-electron chi connectivity index (χ0n) is 17.6. The largest absolute Gasteiger partial charge is 0.398 e. The molecular weight excluding hydrogens is 382 g/mol. The van der Waals surface area contributed by atoms with Crippen LogP contribution in [-0.4, -0.2) is 46.7 Å². The number of hydrogen-bond donors (Lipinski definition) is 4. The van der Waals surface area contributed by atoms with E-state index in [4.69, 9.17) is 16.6 Å². The van der Waals surface area contributed by atoms with Crippen LogP contribution in [0.1, 0.15) is 54.6 Å². The SMILES string of the molecule is C=C(N=C/C=C(\N)c1ccc2c(c1)C(=O)N([C@H](C)C(N)=O)C2)NC(CCC)CCO. The van der Waals surface area contributed by atoms with E-state index in [1.165, 1.54) is 4.90 Å². The van der Waals surface area contributed by atoms with Gasteiger partial charge >= 0.3 is 0 Å². The van der Waals surface area contributed by atoms with E-state index >= 15 is 0 Å². The quantitative estimate of drug-likeness (QED) is 0.408. The third-order valence-corrected chi connectivity index (χ3v) is 5.12. The molecule has 1 heterocycles. The second-order valence-electron chi connectivity index (χ2n) is 7.37. The molecule has 0 spiro atoms. The molecule has 0 aliphatic carbocycles. The maximum atomic E-state index is 12.6. The summed E-state index contributed by atoms with van der Waals surface area (Å²) in [6, 6.07) is 4.83. The maximum absolute atomic E-state index is 12.6. The molecule has 2 amide bonds. The highest BCUT2D eigenvalue weighted by molar-refractivity contribution is 6.01. The predicted molar refractivity (Wildman–Crippen MR) is 118 cm³/mol. The van der Waals surface area contributed by atoms with Gasteiger partial charge in [-0.25, -0.2) is 4.99 Å². The van der Waals surface area contributed by atoms with E-state index in [2.05, 4.69) is 23.8 Å². The number of nitrogens with two attached hydrogens (primary N) is 2. The van der Waals surface area contributed by atoms with Crippen molar-refractivity contribution in [1.29, 1.82) is 0 Å². The third kappa shape index (κ3) is 5.70. The summed E-state index contributed by atoms with van der Waals surface area (Å²) in [5.41, 5.74) is 14.0. The fourth-order valence-electron chi connectivity index (χ4n) is 3.34. The van der Waals surface area contributed by atoms with Crippen LogP contribution in [0.4, 0.5) is 0 Å². The molecule has 0 saturated heterocycles. The van der Waals surface area contributed by atoms with Gasteiger partial charge in [-0.15, -0.1) is 0 Å². The number of aliphatic hydroxyl groups is 1. The van der Waals surface area contributed by atoms with Gasteiger partial charge in [-0.2, -0.15) is 0 Å². The van der Waals surface area contributed by atoms with Crippen molar-refractivity contribution in [3.63, 3.8) is 0 Å². The van der Waals surface area contributed by atoms with Crippen LogP contribution in [0.2, 0.25) is 0 Å². The summed E-state index contributed by atoms with van der Waals surface area (Å²) < 4.78 is 0. The highest BCUT2D eigenvalue weighted by atomic mass is 16.3. The Hall–Kier alpha value is -3.13. The Bertz CT molecular complexity index is 856. The number of benzene rings is 1. The van der Waals surface area contributed by atoms with E-state index in [1.54, 1.807) is 25.3 Å². The van der Waals surface area contributed by atoms with E-state index < -0.39 is 11.9 Å². The summed E-state index contributed by atoms with van der Waals surface area (Å²) in [5, 5.41) is 12.3. The molecule has 1 aromatic carbocycles. The van der Waals surface area contributed by atoms with Crippen LogP contribution in [-0.2, 0) is 11.3 Å². The van der Waals surface area contributed by atoms with Gasteiger partial charge < -0.3 is 26.8 Å². The predicted octanol–water partition coefficient (Wildman–Crippen LogP) is 1.50. The number of hydrogen-bond acceptors (Lipinski definition) is 6. The summed E-state index contributed by atoms with van der Waals surface area (Å²) in [5.74, 6) is -0.282. The Morgan fingerprint density at radius 2 is 2.13 bits per heavy atom. The number of fused-ring (bicyclic) bond motifs is 1. The first-order valence-electron chi connectivity index (χ1n) is 10.1. The van der Waals surface area contributed by atoms with Crippen molar-refractivity contribution in [3.8, 4) is 0 Å². The Balaban J connectivity index is 2.06. The van der Waals surface area contributed by atoms with E-state index in [0.717, 1.165) is 18.4 Å². The zero-order chi connectivity index (χ0) is 22.3. The van der Waals surface area contributed by atoms with Crippen LogP contribution >= 0.6 is 0 Å². The smallest absolute Gasteiger partial charge is 0.255 e. The van der Waals surface area contributed by atoms with E-state index in [-0.39, 0.29) is 18.6 Å². The van der Waals surface area contributed by atoms with Gasteiger partial charge in [0.15, 0.2) is 0 Å². The second-order valence-corrected chi connectivity index (χ2v) is 7.37. The maximum Gasteiger partial charge on any atom is 0.255 e. The average Bonchev–Trinajstić information content (AvgIpc) is 3.03. The molecule has 8 nitrogen and oxygen atoms in total. The monoisotopic (exact) mass is 413 g/mol. The summed E-state index contributed by atoms with van der Waals surface area (Å²) in [6.07, 6.45) is 5.73. The second kappa shape index (κ2) is 10.6. The first-order chi connectivity index (χ1) is 14.3.